The molecule has 0 atom stereocenters. The lowest BCUT2D eigenvalue weighted by atomic mass is 9.85. The predicted molar refractivity (Wildman–Crippen MR) is 106 cm³/mol. The third-order valence-electron chi connectivity index (χ3n) is 4.50. The molecule has 1 amide bonds. The van der Waals surface area contributed by atoms with Crippen LogP contribution in [0, 0.1) is 0 Å². The van der Waals surface area contributed by atoms with E-state index in [4.69, 9.17) is 10.2 Å². The molecule has 0 radical (unpaired) electrons. The summed E-state index contributed by atoms with van der Waals surface area (Å²) in [5.41, 5.74) is 11.5. The summed E-state index contributed by atoms with van der Waals surface area (Å²) in [4.78, 5) is 12.1. The quantitative estimate of drug-likeness (QED) is 0.650. The average molecular weight is 355 g/mol. The number of nitrogens with one attached hydrogen (secondary N) is 1. The molecule has 0 saturated carbocycles. The van der Waals surface area contributed by atoms with Crippen molar-refractivity contribution in [3.8, 4) is 16.9 Å². The SMILES string of the molecule is C[SiH](C)Oc1cc(C(C)(C)C)ccc1-c1ccc(N)c2c1CNC2=O. The number of carbonyl (C=O) groups is 1. The highest BCUT2D eigenvalue weighted by Gasteiger charge is 2.26. The molecular weight excluding hydrogens is 328 g/mol. The van der Waals surface area contributed by atoms with Gasteiger partial charge in [0.15, 0.2) is 0 Å². The minimum atomic E-state index is -1.27. The lowest BCUT2D eigenvalue weighted by molar-refractivity contribution is 0.0966. The second kappa shape index (κ2) is 6.22. The smallest absolute Gasteiger partial charge is 0.254 e. The minimum absolute atomic E-state index is 0.0513. The second-order valence-corrected chi connectivity index (χ2v) is 10.2. The number of hydrogen-bond acceptors (Lipinski definition) is 3. The Labute approximate surface area is 151 Å². The van der Waals surface area contributed by atoms with Crippen molar-refractivity contribution in [2.75, 3.05) is 5.73 Å². The van der Waals surface area contributed by atoms with Gasteiger partial charge in [-0.2, -0.15) is 0 Å². The summed E-state index contributed by atoms with van der Waals surface area (Å²) in [5.74, 6) is 0.807. The Balaban J connectivity index is 2.19. The van der Waals surface area contributed by atoms with Gasteiger partial charge in [0, 0.05) is 17.8 Å². The Morgan fingerprint density at radius 3 is 2.44 bits per heavy atom. The highest BCUT2D eigenvalue weighted by atomic mass is 28.3. The lowest BCUT2D eigenvalue weighted by Gasteiger charge is -2.23. The fraction of sp³-hybridized carbons (Fsp3) is 0.350. The molecule has 2 aromatic carbocycles. The van der Waals surface area contributed by atoms with Gasteiger partial charge in [-0.05, 0) is 47.3 Å². The van der Waals surface area contributed by atoms with Crippen molar-refractivity contribution in [3.63, 3.8) is 0 Å². The summed E-state index contributed by atoms with van der Waals surface area (Å²) in [6, 6.07) is 10.2. The maximum absolute atomic E-state index is 12.1. The van der Waals surface area contributed by atoms with Crippen molar-refractivity contribution < 1.29 is 9.22 Å². The number of hydrogen-bond donors (Lipinski definition) is 2. The molecule has 5 heteroatoms. The van der Waals surface area contributed by atoms with Gasteiger partial charge in [-0.1, -0.05) is 39.0 Å². The van der Waals surface area contributed by atoms with Crippen LogP contribution in [0.2, 0.25) is 13.1 Å². The van der Waals surface area contributed by atoms with Gasteiger partial charge in [-0.3, -0.25) is 4.79 Å². The summed E-state index contributed by atoms with van der Waals surface area (Å²) >= 11 is 0. The van der Waals surface area contributed by atoms with E-state index in [1.54, 1.807) is 0 Å². The monoisotopic (exact) mass is 354 g/mol. The van der Waals surface area contributed by atoms with Crippen molar-refractivity contribution in [1.82, 2.24) is 5.32 Å². The van der Waals surface area contributed by atoms with Crippen LogP contribution in [-0.2, 0) is 12.0 Å². The van der Waals surface area contributed by atoms with Crippen LogP contribution in [0.15, 0.2) is 30.3 Å². The van der Waals surface area contributed by atoms with Gasteiger partial charge in [0.25, 0.3) is 5.91 Å². The highest BCUT2D eigenvalue weighted by Crippen LogP contribution is 2.39. The number of nitrogens with two attached hydrogens (primary N) is 1. The topological polar surface area (TPSA) is 64.3 Å². The van der Waals surface area contributed by atoms with Crippen molar-refractivity contribution in [3.05, 3.63) is 47.0 Å². The molecular formula is C20H26N2O2Si. The number of amides is 1. The fourth-order valence-electron chi connectivity index (χ4n) is 3.19. The first kappa shape index (κ1) is 17.5. The van der Waals surface area contributed by atoms with Gasteiger partial charge in [0.05, 0.1) is 5.56 Å². The van der Waals surface area contributed by atoms with Gasteiger partial charge >= 0.3 is 0 Å². The average Bonchev–Trinajstić information content (AvgIpc) is 2.90. The summed E-state index contributed by atoms with van der Waals surface area (Å²) in [5, 5.41) is 2.88. The van der Waals surface area contributed by atoms with E-state index >= 15 is 0 Å². The van der Waals surface area contributed by atoms with Crippen LogP contribution >= 0.6 is 0 Å². The molecule has 0 aromatic heterocycles. The van der Waals surface area contributed by atoms with Gasteiger partial charge < -0.3 is 15.5 Å². The minimum Gasteiger partial charge on any atom is -0.547 e. The molecule has 0 saturated heterocycles. The Morgan fingerprint density at radius 2 is 1.80 bits per heavy atom. The Morgan fingerprint density at radius 1 is 1.12 bits per heavy atom. The zero-order valence-electron chi connectivity index (χ0n) is 15.6. The molecule has 3 N–H and O–H groups in total. The zero-order valence-corrected chi connectivity index (χ0v) is 16.7. The van der Waals surface area contributed by atoms with Crippen molar-refractivity contribution in [2.45, 2.75) is 45.8 Å². The predicted octanol–water partition coefficient (Wildman–Crippen LogP) is 3.84. The van der Waals surface area contributed by atoms with Crippen LogP contribution in [0.5, 0.6) is 5.75 Å². The third-order valence-corrected chi connectivity index (χ3v) is 5.22. The van der Waals surface area contributed by atoms with Crippen molar-refractivity contribution >= 4 is 20.6 Å². The number of nitrogen functional groups attached to an aromatic ring is 1. The van der Waals surface area contributed by atoms with Crippen LogP contribution < -0.4 is 15.5 Å². The van der Waals surface area contributed by atoms with Crippen molar-refractivity contribution in [2.24, 2.45) is 0 Å². The van der Waals surface area contributed by atoms with E-state index in [1.807, 2.05) is 12.1 Å². The molecule has 1 heterocycles. The standard InChI is InChI=1S/C20H26N2O2Si/c1-20(2,3)12-6-7-14(17(10-12)24-25(4)5)13-8-9-16(21)18-15(13)11-22-19(18)23/h6-10,25H,11,21H2,1-5H3,(H,22,23). The van der Waals surface area contributed by atoms with E-state index in [0.717, 1.165) is 22.4 Å². The van der Waals surface area contributed by atoms with Crippen molar-refractivity contribution in [1.29, 1.82) is 0 Å². The first-order valence-electron chi connectivity index (χ1n) is 8.69. The molecule has 0 aliphatic carbocycles. The van der Waals surface area contributed by atoms with E-state index in [-0.39, 0.29) is 11.3 Å². The van der Waals surface area contributed by atoms with Crippen LogP contribution in [0.1, 0.15) is 42.3 Å². The Bertz CT molecular complexity index is 838. The molecule has 0 spiro atoms. The third kappa shape index (κ3) is 3.29. The first-order chi connectivity index (χ1) is 11.7. The lowest BCUT2D eigenvalue weighted by Crippen LogP contribution is -2.15. The molecule has 1 aliphatic heterocycles. The largest absolute Gasteiger partial charge is 0.547 e. The number of fused-ring (bicyclic) bond motifs is 1. The summed E-state index contributed by atoms with van der Waals surface area (Å²) < 4.78 is 6.25. The van der Waals surface area contributed by atoms with E-state index in [2.05, 4.69) is 57.4 Å². The molecule has 3 rings (SSSR count). The van der Waals surface area contributed by atoms with Crippen LogP contribution in [-0.4, -0.2) is 14.9 Å². The fourth-order valence-corrected chi connectivity index (χ4v) is 3.89. The Kier molecular flexibility index (Phi) is 4.37. The Hall–Kier alpha value is -2.27. The van der Waals surface area contributed by atoms with E-state index in [9.17, 15) is 4.79 Å². The van der Waals surface area contributed by atoms with Gasteiger partial charge in [-0.15, -0.1) is 0 Å². The maximum Gasteiger partial charge on any atom is 0.254 e. The van der Waals surface area contributed by atoms with E-state index in [0.29, 0.717) is 17.8 Å². The van der Waals surface area contributed by atoms with Crippen LogP contribution in [0.25, 0.3) is 11.1 Å². The molecule has 1 aliphatic rings. The number of anilines is 1. The van der Waals surface area contributed by atoms with Gasteiger partial charge in [0.1, 0.15) is 5.75 Å². The number of rotatable bonds is 3. The van der Waals surface area contributed by atoms with Crippen LogP contribution in [0.4, 0.5) is 5.69 Å². The summed E-state index contributed by atoms with van der Waals surface area (Å²) in [7, 11) is -1.27. The molecule has 0 unspecified atom stereocenters. The van der Waals surface area contributed by atoms with Gasteiger partial charge in [0.2, 0.25) is 9.04 Å². The molecule has 4 nitrogen and oxygen atoms in total. The van der Waals surface area contributed by atoms with E-state index in [1.165, 1.54) is 5.56 Å². The maximum atomic E-state index is 12.1. The summed E-state index contributed by atoms with van der Waals surface area (Å²) in [6.45, 7) is 11.4. The summed E-state index contributed by atoms with van der Waals surface area (Å²) in [6.07, 6.45) is 0. The molecule has 2 aromatic rings. The number of benzene rings is 2. The highest BCUT2D eigenvalue weighted by molar-refractivity contribution is 6.49. The second-order valence-electron chi connectivity index (χ2n) is 7.87. The van der Waals surface area contributed by atoms with E-state index < -0.39 is 9.04 Å². The molecule has 25 heavy (non-hydrogen) atoms. The van der Waals surface area contributed by atoms with Gasteiger partial charge in [-0.25, -0.2) is 0 Å². The molecule has 0 bridgehead atoms. The number of carbonyl (C=O) groups excluding carboxylic acids is 1. The normalized spacial score (nSPS) is 13.8. The molecule has 132 valence electrons. The molecule has 0 fully saturated rings. The zero-order chi connectivity index (χ0) is 18.4. The van der Waals surface area contributed by atoms with Crippen LogP contribution in [0.3, 0.4) is 0 Å². The first-order valence-corrected chi connectivity index (χ1v) is 11.5.